The lowest BCUT2D eigenvalue weighted by molar-refractivity contribution is -0.131. The van der Waals surface area contributed by atoms with Crippen molar-refractivity contribution in [3.05, 3.63) is 56.2 Å². The molecule has 2 aromatic rings. The number of thiophene rings is 1. The number of carbonyl (C=O) groups excluding carboxylic acids is 1. The summed E-state index contributed by atoms with van der Waals surface area (Å²) in [6.07, 6.45) is 2.45. The molecule has 0 bridgehead atoms. The van der Waals surface area contributed by atoms with Gasteiger partial charge < -0.3 is 10.4 Å². The Morgan fingerprint density at radius 1 is 1.24 bits per heavy atom. The van der Waals surface area contributed by atoms with Gasteiger partial charge in [0, 0.05) is 21.4 Å². The van der Waals surface area contributed by atoms with Gasteiger partial charge in [0.1, 0.15) is 0 Å². The molecule has 1 aromatic heterocycles. The molecule has 0 saturated heterocycles. The highest BCUT2D eigenvalue weighted by atomic mass is 35.5. The normalized spacial score (nSPS) is 10.8. The molecule has 1 aromatic carbocycles. The Kier molecular flexibility index (Phi) is 5.01. The van der Waals surface area contributed by atoms with Crippen LogP contribution in [0.1, 0.15) is 15.2 Å². The zero-order valence-corrected chi connectivity index (χ0v) is 12.8. The first-order valence-corrected chi connectivity index (χ1v) is 7.35. The summed E-state index contributed by atoms with van der Waals surface area (Å²) in [5.41, 5.74) is 0.885. The van der Waals surface area contributed by atoms with Crippen molar-refractivity contribution in [2.24, 2.45) is 0 Å². The van der Waals surface area contributed by atoms with Crippen LogP contribution in [0, 0.1) is 0 Å². The highest BCUT2D eigenvalue weighted by Gasteiger charge is 2.10. The van der Waals surface area contributed by atoms with E-state index < -0.39 is 5.97 Å². The van der Waals surface area contributed by atoms with E-state index in [4.69, 9.17) is 28.3 Å². The third-order valence-electron chi connectivity index (χ3n) is 2.45. The summed E-state index contributed by atoms with van der Waals surface area (Å²) in [6, 6.07) is 6.37. The number of hydrogen-bond acceptors (Lipinski definition) is 3. The van der Waals surface area contributed by atoms with Gasteiger partial charge in [-0.05, 0) is 30.3 Å². The number of nitrogens with one attached hydrogen (secondary N) is 1. The van der Waals surface area contributed by atoms with Crippen LogP contribution in [0.3, 0.4) is 0 Å². The average Bonchev–Trinajstić information content (AvgIpc) is 2.88. The molecule has 1 heterocycles. The second-order valence-corrected chi connectivity index (χ2v) is 5.77. The molecule has 21 heavy (non-hydrogen) atoms. The van der Waals surface area contributed by atoms with E-state index in [9.17, 15) is 9.59 Å². The maximum atomic E-state index is 12.1. The van der Waals surface area contributed by atoms with Crippen molar-refractivity contribution in [2.45, 2.75) is 0 Å². The van der Waals surface area contributed by atoms with Crippen LogP contribution >= 0.6 is 34.5 Å². The van der Waals surface area contributed by atoms with Crippen LogP contribution in [-0.2, 0) is 4.79 Å². The third-order valence-corrected chi connectivity index (χ3v) is 3.90. The van der Waals surface area contributed by atoms with Crippen LogP contribution < -0.4 is 5.32 Å². The second-order valence-electron chi connectivity index (χ2n) is 3.99. The summed E-state index contributed by atoms with van der Waals surface area (Å²) in [5, 5.41) is 13.7. The van der Waals surface area contributed by atoms with Gasteiger partial charge in [0.2, 0.25) is 0 Å². The molecule has 0 unspecified atom stereocenters. The van der Waals surface area contributed by atoms with Gasteiger partial charge in [-0.1, -0.05) is 23.2 Å². The summed E-state index contributed by atoms with van der Waals surface area (Å²) in [4.78, 5) is 23.2. The third kappa shape index (κ3) is 4.32. The maximum Gasteiger partial charge on any atom is 0.328 e. The quantitative estimate of drug-likeness (QED) is 0.809. The lowest BCUT2D eigenvalue weighted by atomic mass is 10.2. The predicted molar refractivity (Wildman–Crippen MR) is 85.4 cm³/mol. The Balaban J connectivity index is 2.12. The SMILES string of the molecule is O=C(O)C=Cc1cc(C(=O)Nc2ccc(Cl)cc2Cl)cs1. The molecule has 0 aliphatic carbocycles. The number of carboxylic acids is 1. The Morgan fingerprint density at radius 3 is 2.67 bits per heavy atom. The Morgan fingerprint density at radius 2 is 2.00 bits per heavy atom. The second kappa shape index (κ2) is 6.76. The number of halogens is 2. The number of benzene rings is 1. The number of anilines is 1. The lowest BCUT2D eigenvalue weighted by Gasteiger charge is -2.06. The number of hydrogen-bond donors (Lipinski definition) is 2. The number of aliphatic carboxylic acids is 1. The van der Waals surface area contributed by atoms with Gasteiger partial charge in [-0.15, -0.1) is 11.3 Å². The molecule has 0 spiro atoms. The van der Waals surface area contributed by atoms with Crippen molar-refractivity contribution in [1.82, 2.24) is 0 Å². The topological polar surface area (TPSA) is 66.4 Å². The van der Waals surface area contributed by atoms with Gasteiger partial charge in [-0.3, -0.25) is 4.79 Å². The van der Waals surface area contributed by atoms with Crippen LogP contribution in [-0.4, -0.2) is 17.0 Å². The fourth-order valence-electron chi connectivity index (χ4n) is 1.50. The lowest BCUT2D eigenvalue weighted by Crippen LogP contribution is -2.11. The highest BCUT2D eigenvalue weighted by molar-refractivity contribution is 7.11. The molecule has 7 heteroatoms. The van der Waals surface area contributed by atoms with Gasteiger partial charge in [0.15, 0.2) is 0 Å². The van der Waals surface area contributed by atoms with Crippen molar-refractivity contribution in [1.29, 1.82) is 0 Å². The van der Waals surface area contributed by atoms with Gasteiger partial charge >= 0.3 is 5.97 Å². The zero-order chi connectivity index (χ0) is 15.4. The molecular weight excluding hydrogens is 333 g/mol. The molecule has 0 saturated carbocycles. The van der Waals surface area contributed by atoms with Crippen LogP contribution in [0.5, 0.6) is 0 Å². The van der Waals surface area contributed by atoms with Crippen molar-refractivity contribution >= 4 is 58.2 Å². The smallest absolute Gasteiger partial charge is 0.328 e. The molecule has 2 N–H and O–H groups in total. The van der Waals surface area contributed by atoms with Gasteiger partial charge in [0.05, 0.1) is 16.3 Å². The molecule has 4 nitrogen and oxygen atoms in total. The van der Waals surface area contributed by atoms with E-state index in [0.29, 0.717) is 26.2 Å². The first kappa shape index (κ1) is 15.6. The van der Waals surface area contributed by atoms with Crippen LogP contribution in [0.4, 0.5) is 5.69 Å². The Hall–Kier alpha value is -1.82. The Bertz CT molecular complexity index is 725. The Labute approximate surface area is 134 Å². The predicted octanol–water partition coefficient (Wildman–Crippen LogP) is 4.41. The minimum atomic E-state index is -1.04. The summed E-state index contributed by atoms with van der Waals surface area (Å²) in [7, 11) is 0. The summed E-state index contributed by atoms with van der Waals surface area (Å²) < 4.78 is 0. The number of carboxylic acid groups (broad SMARTS) is 1. The van der Waals surface area contributed by atoms with E-state index in [0.717, 1.165) is 6.08 Å². The van der Waals surface area contributed by atoms with E-state index in [1.54, 1.807) is 23.6 Å². The summed E-state index contributed by atoms with van der Waals surface area (Å²) in [5.74, 6) is -1.37. The average molecular weight is 342 g/mol. The molecule has 2 rings (SSSR count). The number of rotatable bonds is 4. The van der Waals surface area contributed by atoms with Crippen molar-refractivity contribution in [2.75, 3.05) is 5.32 Å². The fourth-order valence-corrected chi connectivity index (χ4v) is 2.73. The van der Waals surface area contributed by atoms with Gasteiger partial charge in [0.25, 0.3) is 5.91 Å². The van der Waals surface area contributed by atoms with Gasteiger partial charge in [-0.25, -0.2) is 4.79 Å². The molecule has 108 valence electrons. The summed E-state index contributed by atoms with van der Waals surface area (Å²) in [6.45, 7) is 0. The van der Waals surface area contributed by atoms with Crippen molar-refractivity contribution in [3.63, 3.8) is 0 Å². The first-order valence-electron chi connectivity index (χ1n) is 5.71. The molecule has 0 atom stereocenters. The monoisotopic (exact) mass is 341 g/mol. The molecule has 0 radical (unpaired) electrons. The van der Waals surface area contributed by atoms with E-state index in [1.165, 1.54) is 23.5 Å². The van der Waals surface area contributed by atoms with Crippen LogP contribution in [0.25, 0.3) is 6.08 Å². The number of amides is 1. The van der Waals surface area contributed by atoms with Crippen molar-refractivity contribution in [3.8, 4) is 0 Å². The minimum absolute atomic E-state index is 0.328. The fraction of sp³-hybridized carbons (Fsp3) is 0. The zero-order valence-electron chi connectivity index (χ0n) is 10.5. The van der Waals surface area contributed by atoms with Crippen molar-refractivity contribution < 1.29 is 14.7 Å². The maximum absolute atomic E-state index is 12.1. The van der Waals surface area contributed by atoms with E-state index in [1.807, 2.05) is 0 Å². The largest absolute Gasteiger partial charge is 0.478 e. The molecule has 1 amide bonds. The van der Waals surface area contributed by atoms with Gasteiger partial charge in [-0.2, -0.15) is 0 Å². The van der Waals surface area contributed by atoms with E-state index >= 15 is 0 Å². The molecular formula is C14H9Cl2NO3S. The van der Waals surface area contributed by atoms with E-state index in [2.05, 4.69) is 5.32 Å². The molecule has 0 fully saturated rings. The minimum Gasteiger partial charge on any atom is -0.478 e. The first-order chi connectivity index (χ1) is 9.95. The summed E-state index contributed by atoms with van der Waals surface area (Å²) >= 11 is 13.0. The highest BCUT2D eigenvalue weighted by Crippen LogP contribution is 2.26. The van der Waals surface area contributed by atoms with E-state index in [-0.39, 0.29) is 5.91 Å². The molecule has 0 aliphatic rings. The number of carbonyl (C=O) groups is 2. The van der Waals surface area contributed by atoms with Crippen LogP contribution in [0.2, 0.25) is 10.0 Å². The molecule has 0 aliphatic heterocycles. The standard InChI is InChI=1S/C14H9Cl2NO3S/c15-9-1-3-12(11(16)6-9)17-14(20)8-5-10(21-7-8)2-4-13(18)19/h1-7H,(H,17,20)(H,18,19). The van der Waals surface area contributed by atoms with Crippen LogP contribution in [0.15, 0.2) is 35.7 Å².